The molecule has 1 aliphatic heterocycles. The molecule has 0 spiro atoms. The first-order valence-electron chi connectivity index (χ1n) is 9.15. The highest BCUT2D eigenvalue weighted by atomic mass is 16.6. The van der Waals surface area contributed by atoms with E-state index in [0.717, 1.165) is 39.0 Å². The number of rotatable bonds is 1. The van der Waals surface area contributed by atoms with Crippen molar-refractivity contribution in [3.63, 3.8) is 0 Å². The molecule has 0 saturated heterocycles. The smallest absolute Gasteiger partial charge is 0.270 e. The Morgan fingerprint density at radius 2 is 1.43 bits per heavy atom. The van der Waals surface area contributed by atoms with Gasteiger partial charge in [-0.2, -0.15) is 0 Å². The number of non-ortho nitro benzene ring substituents is 1. The fraction of sp³-hybridized carbons (Fsp3) is 0. The summed E-state index contributed by atoms with van der Waals surface area (Å²) in [4.78, 5) is 11.1. The minimum absolute atomic E-state index is 0.108. The van der Waals surface area contributed by atoms with Crippen molar-refractivity contribution in [1.29, 1.82) is 0 Å². The molecule has 0 aliphatic carbocycles. The summed E-state index contributed by atoms with van der Waals surface area (Å²) in [6.07, 6.45) is 0. The zero-order chi connectivity index (χ0) is 18.8. The van der Waals surface area contributed by atoms with Gasteiger partial charge in [-0.15, -0.1) is 0 Å². The van der Waals surface area contributed by atoms with Gasteiger partial charge in [-0.3, -0.25) is 10.1 Å². The second-order valence-corrected chi connectivity index (χ2v) is 7.06. The highest BCUT2D eigenvalue weighted by Crippen LogP contribution is 2.47. The van der Waals surface area contributed by atoms with Crippen LogP contribution in [0.5, 0.6) is 0 Å². The summed E-state index contributed by atoms with van der Waals surface area (Å²) >= 11 is 0. The molecule has 4 heteroatoms. The van der Waals surface area contributed by atoms with Crippen molar-refractivity contribution in [3.8, 4) is 27.9 Å². The lowest BCUT2D eigenvalue weighted by atomic mass is 9.93. The van der Waals surface area contributed by atoms with E-state index >= 15 is 0 Å². The molecule has 1 aliphatic rings. The van der Waals surface area contributed by atoms with Crippen LogP contribution in [0, 0.1) is 10.1 Å². The molecule has 0 atom stereocenters. The Hall–Kier alpha value is -3.92. The van der Waals surface area contributed by atoms with Gasteiger partial charge in [-0.1, -0.05) is 54.6 Å². The zero-order valence-corrected chi connectivity index (χ0v) is 14.8. The highest BCUT2D eigenvalue weighted by molar-refractivity contribution is 6.16. The molecule has 5 aromatic rings. The lowest BCUT2D eigenvalue weighted by molar-refractivity contribution is -0.384. The monoisotopic (exact) mass is 362 g/mol. The Morgan fingerprint density at radius 1 is 0.679 bits per heavy atom. The van der Waals surface area contributed by atoms with Crippen LogP contribution in [0.4, 0.5) is 5.69 Å². The first-order valence-corrected chi connectivity index (χ1v) is 9.15. The maximum atomic E-state index is 11.4. The van der Waals surface area contributed by atoms with Gasteiger partial charge < -0.3 is 4.57 Å². The third-order valence-electron chi connectivity index (χ3n) is 5.63. The number of nitrogens with zero attached hydrogens (tertiary/aromatic N) is 2. The van der Waals surface area contributed by atoms with Gasteiger partial charge in [0.25, 0.3) is 5.69 Å². The molecule has 0 N–H and O–H groups in total. The number of nitro benzene ring substituents is 1. The molecule has 0 radical (unpaired) electrons. The van der Waals surface area contributed by atoms with E-state index in [-0.39, 0.29) is 10.6 Å². The maximum absolute atomic E-state index is 11.4. The largest absolute Gasteiger partial charge is 0.308 e. The van der Waals surface area contributed by atoms with Gasteiger partial charge in [0.15, 0.2) is 0 Å². The molecular formula is C24H14N2O2. The van der Waals surface area contributed by atoms with Gasteiger partial charge in [0.1, 0.15) is 0 Å². The third-order valence-corrected chi connectivity index (χ3v) is 5.63. The van der Waals surface area contributed by atoms with Gasteiger partial charge in [-0.25, -0.2) is 0 Å². The van der Waals surface area contributed by atoms with E-state index in [2.05, 4.69) is 53.1 Å². The average Bonchev–Trinajstić information content (AvgIpc) is 3.01. The molecule has 0 fully saturated rings. The van der Waals surface area contributed by atoms with Crippen LogP contribution in [-0.2, 0) is 0 Å². The van der Waals surface area contributed by atoms with E-state index < -0.39 is 0 Å². The Labute approximate surface area is 160 Å². The maximum Gasteiger partial charge on any atom is 0.270 e. The molecule has 4 aromatic carbocycles. The van der Waals surface area contributed by atoms with Crippen LogP contribution in [-0.4, -0.2) is 9.49 Å². The van der Waals surface area contributed by atoms with Gasteiger partial charge in [0.2, 0.25) is 0 Å². The van der Waals surface area contributed by atoms with E-state index in [4.69, 9.17) is 0 Å². The first-order chi connectivity index (χ1) is 13.7. The number of hydrogen-bond donors (Lipinski definition) is 0. The summed E-state index contributed by atoms with van der Waals surface area (Å²) in [6, 6.07) is 28.0. The van der Waals surface area contributed by atoms with Gasteiger partial charge in [0, 0.05) is 34.0 Å². The Morgan fingerprint density at radius 3 is 2.32 bits per heavy atom. The van der Waals surface area contributed by atoms with Crippen LogP contribution in [0.1, 0.15) is 0 Å². The molecule has 0 unspecified atom stereocenters. The van der Waals surface area contributed by atoms with Crippen molar-refractivity contribution in [1.82, 2.24) is 4.57 Å². The number of para-hydroxylation sites is 3. The summed E-state index contributed by atoms with van der Waals surface area (Å²) in [5.74, 6) is 0. The van der Waals surface area contributed by atoms with Gasteiger partial charge in [0.05, 0.1) is 21.6 Å². The molecule has 6 rings (SSSR count). The summed E-state index contributed by atoms with van der Waals surface area (Å²) in [7, 11) is 0. The average molecular weight is 362 g/mol. The molecule has 0 amide bonds. The van der Waals surface area contributed by atoms with E-state index in [1.165, 1.54) is 10.8 Å². The first kappa shape index (κ1) is 15.2. The van der Waals surface area contributed by atoms with E-state index in [1.54, 1.807) is 12.1 Å². The number of hydrogen-bond acceptors (Lipinski definition) is 2. The molecule has 4 nitrogen and oxygen atoms in total. The quantitative estimate of drug-likeness (QED) is 0.253. The summed E-state index contributed by atoms with van der Waals surface area (Å²) in [6.45, 7) is 0. The zero-order valence-electron chi connectivity index (χ0n) is 14.8. The summed E-state index contributed by atoms with van der Waals surface area (Å²) in [5, 5.41) is 13.8. The van der Waals surface area contributed by atoms with Crippen LogP contribution in [0.3, 0.4) is 0 Å². The van der Waals surface area contributed by atoms with E-state index in [0.29, 0.717) is 0 Å². The number of benzene rings is 4. The predicted molar refractivity (Wildman–Crippen MR) is 112 cm³/mol. The van der Waals surface area contributed by atoms with Crippen molar-refractivity contribution >= 4 is 27.5 Å². The second-order valence-electron chi connectivity index (χ2n) is 7.06. The van der Waals surface area contributed by atoms with Crippen molar-refractivity contribution in [2.24, 2.45) is 0 Å². The predicted octanol–water partition coefficient (Wildman–Crippen LogP) is 6.34. The van der Waals surface area contributed by atoms with Crippen molar-refractivity contribution in [2.75, 3.05) is 0 Å². The van der Waals surface area contributed by atoms with Crippen molar-refractivity contribution < 1.29 is 4.92 Å². The number of fused-ring (bicyclic) bond motifs is 8. The molecular weight excluding hydrogens is 348 g/mol. The third kappa shape index (κ3) is 1.84. The summed E-state index contributed by atoms with van der Waals surface area (Å²) in [5.41, 5.74) is 7.44. The highest BCUT2D eigenvalue weighted by Gasteiger charge is 2.25. The minimum Gasteiger partial charge on any atom is -0.308 e. The topological polar surface area (TPSA) is 48.1 Å². The van der Waals surface area contributed by atoms with Crippen LogP contribution < -0.4 is 0 Å². The lowest BCUT2D eigenvalue weighted by Gasteiger charge is -2.12. The molecule has 2 heterocycles. The van der Waals surface area contributed by atoms with Crippen molar-refractivity contribution in [3.05, 3.63) is 95.0 Å². The molecule has 1 aromatic heterocycles. The Bertz CT molecular complexity index is 1450. The van der Waals surface area contributed by atoms with E-state index in [9.17, 15) is 10.1 Å². The van der Waals surface area contributed by atoms with Gasteiger partial charge in [-0.05, 0) is 29.3 Å². The molecule has 0 bridgehead atoms. The number of aromatic nitrogens is 1. The number of nitro groups is 1. The van der Waals surface area contributed by atoms with Crippen LogP contribution in [0.25, 0.3) is 49.7 Å². The fourth-order valence-electron chi connectivity index (χ4n) is 4.49. The second kappa shape index (κ2) is 5.30. The van der Waals surface area contributed by atoms with Crippen molar-refractivity contribution in [2.45, 2.75) is 0 Å². The molecule has 132 valence electrons. The Kier molecular flexibility index (Phi) is 2.87. The minimum atomic E-state index is -0.329. The molecule has 28 heavy (non-hydrogen) atoms. The van der Waals surface area contributed by atoms with Crippen LogP contribution >= 0.6 is 0 Å². The fourth-order valence-corrected chi connectivity index (χ4v) is 4.49. The normalized spacial score (nSPS) is 11.9. The lowest BCUT2D eigenvalue weighted by Crippen LogP contribution is -1.95. The van der Waals surface area contributed by atoms with Gasteiger partial charge >= 0.3 is 0 Å². The van der Waals surface area contributed by atoms with E-state index in [1.807, 2.05) is 24.3 Å². The Balaban J connectivity index is 1.90. The standard InChI is InChI=1S/C24H14N2O2/c27-26(28)15-12-13-16-19-8-5-9-20-17-6-1-3-10-22(17)25(24(19)20)23-11-4-2-7-18(23)21(16)14-15/h1-14H. The van der Waals surface area contributed by atoms with Crippen LogP contribution in [0.2, 0.25) is 0 Å². The summed E-state index contributed by atoms with van der Waals surface area (Å²) < 4.78 is 2.29. The molecule has 0 saturated carbocycles. The SMILES string of the molecule is O=[N+]([O-])c1ccc2c(c1)-c1ccccc1-n1c3ccccc3c3cccc-2c31. The van der Waals surface area contributed by atoms with Crippen LogP contribution in [0.15, 0.2) is 84.9 Å².